The fraction of sp³-hybridized carbons (Fsp3) is 0.320. The molecule has 0 radical (unpaired) electrons. The number of carbonyl (C=O) groups is 1. The fourth-order valence-corrected chi connectivity index (χ4v) is 4.45. The third-order valence-electron chi connectivity index (χ3n) is 6.39. The Morgan fingerprint density at radius 3 is 2.56 bits per heavy atom. The van der Waals surface area contributed by atoms with Gasteiger partial charge in [-0.2, -0.15) is 10.2 Å². The van der Waals surface area contributed by atoms with Crippen molar-refractivity contribution in [1.82, 2.24) is 19.6 Å². The first kappa shape index (κ1) is 26.0. The molecule has 39 heavy (non-hydrogen) atoms. The molecular weight excluding hydrogens is 517 g/mol. The topological polar surface area (TPSA) is 140 Å². The molecule has 14 heteroatoms. The maximum absolute atomic E-state index is 12.6. The highest BCUT2D eigenvalue weighted by molar-refractivity contribution is 6.06. The van der Waals surface area contributed by atoms with Gasteiger partial charge in [-0.1, -0.05) is 0 Å². The number of rotatable bonds is 6. The Bertz CT molecular complexity index is 1530. The van der Waals surface area contributed by atoms with Crippen molar-refractivity contribution in [2.24, 2.45) is 16.1 Å². The first-order valence-electron chi connectivity index (χ1n) is 12.0. The molecule has 3 heterocycles. The van der Waals surface area contributed by atoms with Gasteiger partial charge in [-0.3, -0.25) is 10.2 Å². The summed E-state index contributed by atoms with van der Waals surface area (Å²) < 4.78 is 45.0. The van der Waals surface area contributed by atoms with Crippen molar-refractivity contribution in [1.29, 1.82) is 5.41 Å². The number of aryl methyl sites for hydroxylation is 1. The van der Waals surface area contributed by atoms with E-state index in [0.717, 1.165) is 12.8 Å². The standard InChI is InChI=1S/C25H23F3N8O3/c1-13-21(24(37)34-38)14(2)36(32-13)20-11-19(29)31-23-18(9-10-30-20)22(33-35(23)12-15-3-4-15)16-5-7-17(8-6-16)39-25(26,27)28/h5-8,10-11,15H,3-4,9,12H2,1-2H3,(H2,29,31)/b20-11+,30-10-. The quantitative estimate of drug-likeness (QED) is 0.417. The van der Waals surface area contributed by atoms with Crippen LogP contribution in [0.1, 0.15) is 40.2 Å². The van der Waals surface area contributed by atoms with Crippen molar-refractivity contribution in [3.05, 3.63) is 57.8 Å². The van der Waals surface area contributed by atoms with Crippen LogP contribution in [0.2, 0.25) is 0 Å². The highest BCUT2D eigenvalue weighted by Gasteiger charge is 2.31. The average molecular weight is 541 g/mol. The Balaban J connectivity index is 1.53. The van der Waals surface area contributed by atoms with Crippen LogP contribution in [0.4, 0.5) is 19.0 Å². The number of amidine groups is 1. The molecule has 1 saturated carbocycles. The number of halogens is 3. The second-order valence-corrected chi connectivity index (χ2v) is 9.28. The van der Waals surface area contributed by atoms with E-state index in [9.17, 15) is 22.9 Å². The summed E-state index contributed by atoms with van der Waals surface area (Å²) in [5, 5.41) is 23.3. The van der Waals surface area contributed by atoms with Gasteiger partial charge in [-0.05, 0) is 56.9 Å². The summed E-state index contributed by atoms with van der Waals surface area (Å²) in [6.07, 6.45) is 0.639. The van der Waals surface area contributed by atoms with E-state index in [2.05, 4.69) is 25.3 Å². The summed E-state index contributed by atoms with van der Waals surface area (Å²) in [5.74, 6) is -0.0513. The number of amides is 1. The van der Waals surface area contributed by atoms with Crippen molar-refractivity contribution in [3.8, 4) is 17.0 Å². The Hall–Kier alpha value is -4.62. The molecule has 0 saturated heterocycles. The van der Waals surface area contributed by atoms with Crippen molar-refractivity contribution in [3.63, 3.8) is 0 Å². The van der Waals surface area contributed by atoms with Crippen molar-refractivity contribution in [2.75, 3.05) is 5.32 Å². The van der Waals surface area contributed by atoms with E-state index in [1.807, 2.05) is 0 Å². The van der Waals surface area contributed by atoms with Crippen LogP contribution in [-0.2, 0) is 13.0 Å². The van der Waals surface area contributed by atoms with Crippen LogP contribution in [0.25, 0.3) is 17.1 Å². The van der Waals surface area contributed by atoms with E-state index < -0.39 is 12.3 Å². The van der Waals surface area contributed by atoms with Gasteiger partial charge in [0.2, 0.25) is 0 Å². The average Bonchev–Trinajstić information content (AvgIpc) is 3.54. The summed E-state index contributed by atoms with van der Waals surface area (Å²) >= 11 is 0. The first-order valence-corrected chi connectivity index (χ1v) is 12.0. The van der Waals surface area contributed by atoms with E-state index in [0.29, 0.717) is 46.5 Å². The highest BCUT2D eigenvalue weighted by atomic mass is 19.4. The second-order valence-electron chi connectivity index (χ2n) is 9.28. The Morgan fingerprint density at radius 1 is 1.21 bits per heavy atom. The summed E-state index contributed by atoms with van der Waals surface area (Å²) in [6, 6.07) is 5.45. The van der Waals surface area contributed by atoms with Gasteiger partial charge in [0.25, 0.3) is 0 Å². The number of alkyl halides is 3. The zero-order valence-corrected chi connectivity index (χ0v) is 20.9. The number of aromatic nitrogens is 4. The number of ether oxygens (including phenoxy) is 1. The number of anilines is 1. The molecule has 1 aromatic carbocycles. The second kappa shape index (κ2) is 9.93. The molecule has 0 bridgehead atoms. The minimum absolute atomic E-state index is 0.0309. The number of hydrogen-bond donors (Lipinski definition) is 2. The molecule has 0 unspecified atom stereocenters. The third-order valence-corrected chi connectivity index (χ3v) is 6.39. The number of nitroso groups, excluding NO2 is 1. The lowest BCUT2D eigenvalue weighted by molar-refractivity contribution is -0.274. The van der Waals surface area contributed by atoms with E-state index in [1.165, 1.54) is 35.0 Å². The van der Waals surface area contributed by atoms with Gasteiger partial charge in [0, 0.05) is 41.6 Å². The lowest BCUT2D eigenvalue weighted by Gasteiger charge is -2.10. The van der Waals surface area contributed by atoms with Crippen molar-refractivity contribution in [2.45, 2.75) is 46.0 Å². The first-order chi connectivity index (χ1) is 18.5. The minimum Gasteiger partial charge on any atom is -0.406 e. The van der Waals surface area contributed by atoms with Crippen LogP contribution in [0.5, 0.6) is 5.75 Å². The molecule has 2 N–H and O–H groups in total. The van der Waals surface area contributed by atoms with Gasteiger partial charge in [-0.15, -0.1) is 18.1 Å². The smallest absolute Gasteiger partial charge is 0.406 e. The van der Waals surface area contributed by atoms with Crippen LogP contribution in [0.3, 0.4) is 0 Å². The van der Waals surface area contributed by atoms with E-state index >= 15 is 0 Å². The van der Waals surface area contributed by atoms with Gasteiger partial charge < -0.3 is 10.1 Å². The molecule has 1 aliphatic heterocycles. The Morgan fingerprint density at radius 2 is 1.92 bits per heavy atom. The zero-order valence-electron chi connectivity index (χ0n) is 20.9. The van der Waals surface area contributed by atoms with Gasteiger partial charge in [0.1, 0.15) is 17.4 Å². The Labute approximate surface area is 219 Å². The number of nitrogens with zero attached hydrogens (tertiary/aromatic N) is 6. The number of benzene rings is 1. The molecule has 5 rings (SSSR count). The molecule has 0 atom stereocenters. The highest BCUT2D eigenvalue weighted by Crippen LogP contribution is 2.36. The molecular formula is C25H23F3N8O3. The maximum Gasteiger partial charge on any atom is 0.573 e. The molecule has 1 aliphatic carbocycles. The zero-order chi connectivity index (χ0) is 27.9. The largest absolute Gasteiger partial charge is 0.573 e. The molecule has 1 amide bonds. The molecule has 3 aromatic rings. The normalized spacial score (nSPS) is 17.7. The number of carbonyl (C=O) groups excluding carboxylic acids is 1. The number of hydrogen-bond acceptors (Lipinski definition) is 7. The summed E-state index contributed by atoms with van der Waals surface area (Å²) in [5.41, 5.74) is 2.55. The number of nitrogens with one attached hydrogen (secondary N) is 2. The van der Waals surface area contributed by atoms with Crippen LogP contribution in [0.15, 0.2) is 40.5 Å². The Kier molecular flexibility index (Phi) is 6.62. The van der Waals surface area contributed by atoms with Crippen LogP contribution in [-0.4, -0.2) is 43.9 Å². The number of fused-ring (bicyclic) bond motifs is 1. The van der Waals surface area contributed by atoms with E-state index in [-0.39, 0.29) is 29.4 Å². The molecule has 202 valence electrons. The van der Waals surface area contributed by atoms with Gasteiger partial charge in [0.15, 0.2) is 5.82 Å². The molecule has 0 spiro atoms. The molecule has 11 nitrogen and oxygen atoms in total. The van der Waals surface area contributed by atoms with Crippen LogP contribution in [0, 0.1) is 30.1 Å². The molecule has 2 aliphatic rings. The van der Waals surface area contributed by atoms with Crippen molar-refractivity contribution >= 4 is 29.6 Å². The molecule has 1 fully saturated rings. The summed E-state index contributed by atoms with van der Waals surface area (Å²) in [4.78, 5) is 27.3. The van der Waals surface area contributed by atoms with Gasteiger partial charge in [0.05, 0.1) is 22.6 Å². The summed E-state index contributed by atoms with van der Waals surface area (Å²) in [6.45, 7) is 3.79. The summed E-state index contributed by atoms with van der Waals surface area (Å²) in [7, 11) is 0. The third kappa shape index (κ3) is 5.49. The predicted octanol–water partition coefficient (Wildman–Crippen LogP) is 5.09. The maximum atomic E-state index is 12.6. The number of aliphatic imine (C=N–C) groups is 1. The van der Waals surface area contributed by atoms with Crippen LogP contribution < -0.4 is 10.1 Å². The van der Waals surface area contributed by atoms with E-state index in [4.69, 9.17) is 10.5 Å². The SMILES string of the molecule is Cc1nn(C2=C/C(=N)Nc3c(c(-c4ccc(OC(F)(F)F)cc4)nn3CC3CC3)C/C=N\2)c(C)c1C(=O)N=O. The minimum atomic E-state index is -4.80. The van der Waals surface area contributed by atoms with Crippen LogP contribution >= 0.6 is 0 Å². The predicted molar refractivity (Wildman–Crippen MR) is 137 cm³/mol. The monoisotopic (exact) mass is 540 g/mol. The van der Waals surface area contributed by atoms with Gasteiger partial charge in [-0.25, -0.2) is 14.4 Å². The lowest BCUT2D eigenvalue weighted by Crippen LogP contribution is -2.16. The molecule has 2 aromatic heterocycles. The van der Waals surface area contributed by atoms with E-state index in [1.54, 1.807) is 24.7 Å². The van der Waals surface area contributed by atoms with Crippen molar-refractivity contribution < 1.29 is 22.7 Å². The fourth-order valence-electron chi connectivity index (χ4n) is 4.45. The van der Waals surface area contributed by atoms with Gasteiger partial charge >= 0.3 is 12.3 Å². The lowest BCUT2D eigenvalue weighted by atomic mass is 10.1.